The van der Waals surface area contributed by atoms with Gasteiger partial charge in [0.15, 0.2) is 0 Å². The molecule has 0 saturated heterocycles. The normalized spacial score (nSPS) is 16.5. The fourth-order valence-electron chi connectivity index (χ4n) is 3.50. The number of amides is 1. The number of carbonyl (C=O) groups is 1. The van der Waals surface area contributed by atoms with Crippen molar-refractivity contribution >= 4 is 44.5 Å². The molecule has 0 aliphatic carbocycles. The highest BCUT2D eigenvalue weighted by Crippen LogP contribution is 2.53. The molecule has 1 aromatic heterocycles. The molecule has 0 saturated carbocycles. The number of rotatable bonds is 2. The van der Waals surface area contributed by atoms with E-state index >= 15 is 0 Å². The van der Waals surface area contributed by atoms with E-state index in [1.54, 1.807) is 20.7 Å². The molecule has 2 aromatic rings. The van der Waals surface area contributed by atoms with Crippen molar-refractivity contribution in [1.82, 2.24) is 0 Å². The van der Waals surface area contributed by atoms with Crippen LogP contribution in [-0.4, -0.2) is 5.91 Å². The van der Waals surface area contributed by atoms with Gasteiger partial charge in [-0.25, -0.2) is 0 Å². The third-order valence-electron chi connectivity index (χ3n) is 4.94. The lowest BCUT2D eigenvalue weighted by Crippen LogP contribution is -2.50. The maximum absolute atomic E-state index is 13.3. The largest absolute Gasteiger partial charge is 0.301 e. The van der Waals surface area contributed by atoms with Crippen LogP contribution in [0.1, 0.15) is 50.1 Å². The number of aryl methyl sites for hydroxylation is 2. The molecule has 1 atom stereocenters. The molecule has 2 heterocycles. The molecule has 1 aromatic carbocycles. The molecule has 0 bridgehead atoms. The van der Waals surface area contributed by atoms with Crippen molar-refractivity contribution in [1.29, 1.82) is 0 Å². The summed E-state index contributed by atoms with van der Waals surface area (Å²) in [6.07, 6.45) is 0.845. The summed E-state index contributed by atoms with van der Waals surface area (Å²) in [4.78, 5) is 16.5. The van der Waals surface area contributed by atoms with E-state index in [1.165, 1.54) is 16.0 Å². The molecule has 1 aliphatic rings. The van der Waals surface area contributed by atoms with Gasteiger partial charge in [-0.15, -0.1) is 0 Å². The Morgan fingerprint density at radius 1 is 1.29 bits per heavy atom. The summed E-state index contributed by atoms with van der Waals surface area (Å²) in [7, 11) is 3.36. The Hall–Kier alpha value is -1.04. The minimum Gasteiger partial charge on any atom is -0.301 e. The first-order chi connectivity index (χ1) is 11.2. The van der Waals surface area contributed by atoms with E-state index < -0.39 is 0 Å². The van der Waals surface area contributed by atoms with E-state index in [0.29, 0.717) is 0 Å². The van der Waals surface area contributed by atoms with E-state index in [9.17, 15) is 4.79 Å². The number of hydrogen-bond donors (Lipinski definition) is 0. The first kappa shape index (κ1) is 17.8. The van der Waals surface area contributed by atoms with E-state index in [0.717, 1.165) is 27.1 Å². The van der Waals surface area contributed by atoms with Gasteiger partial charge in [-0.1, -0.05) is 58.4 Å². The van der Waals surface area contributed by atoms with Gasteiger partial charge in [0.1, 0.15) is 3.82 Å². The van der Waals surface area contributed by atoms with Crippen LogP contribution in [0.15, 0.2) is 12.1 Å². The Labute approximate surface area is 156 Å². The summed E-state index contributed by atoms with van der Waals surface area (Å²) in [6, 6.07) is 4.35. The van der Waals surface area contributed by atoms with Crippen LogP contribution in [0.3, 0.4) is 0 Å². The second-order valence-electron chi connectivity index (χ2n) is 7.18. The standard InChI is InChI=1S/C19H23NOS3/c1-7-11(3)17(21)20-15-12(4)8-10(2)9-13(15)14-16(19(20,5)6)23-24-18(14)22/h8-9,11H,7H2,1-6H3/t11-/m0/s1. The maximum atomic E-state index is 13.3. The van der Waals surface area contributed by atoms with Crippen LogP contribution in [0.25, 0.3) is 11.1 Å². The topological polar surface area (TPSA) is 20.3 Å². The second-order valence-corrected chi connectivity index (χ2v) is 9.99. The van der Waals surface area contributed by atoms with Crippen LogP contribution in [0.5, 0.6) is 0 Å². The van der Waals surface area contributed by atoms with Gasteiger partial charge >= 0.3 is 0 Å². The SMILES string of the molecule is CC[C@H](C)C(=O)N1c2c(C)cc(C)cc2-c2c(ssc2=S)C1(C)C. The molecule has 1 aliphatic heterocycles. The van der Waals surface area contributed by atoms with Gasteiger partial charge in [0.2, 0.25) is 5.91 Å². The molecule has 128 valence electrons. The van der Waals surface area contributed by atoms with Gasteiger partial charge in [0, 0.05) is 17.0 Å². The zero-order valence-corrected chi connectivity index (χ0v) is 17.5. The molecular weight excluding hydrogens is 354 g/mol. The molecule has 0 unspecified atom stereocenters. The van der Waals surface area contributed by atoms with Crippen molar-refractivity contribution in [3.05, 3.63) is 32.0 Å². The highest BCUT2D eigenvalue weighted by atomic mass is 32.9. The van der Waals surface area contributed by atoms with Gasteiger partial charge in [0.05, 0.1) is 16.1 Å². The molecule has 0 spiro atoms. The molecule has 1 amide bonds. The summed E-state index contributed by atoms with van der Waals surface area (Å²) in [5.41, 5.74) is 5.31. The quantitative estimate of drug-likeness (QED) is 0.443. The highest BCUT2D eigenvalue weighted by molar-refractivity contribution is 7.80. The zero-order valence-electron chi connectivity index (χ0n) is 15.0. The first-order valence-corrected chi connectivity index (χ1v) is 10.8. The second kappa shape index (κ2) is 6.04. The van der Waals surface area contributed by atoms with Crippen LogP contribution in [-0.2, 0) is 10.3 Å². The molecule has 5 heteroatoms. The molecule has 3 rings (SSSR count). The van der Waals surface area contributed by atoms with Crippen LogP contribution in [0.2, 0.25) is 0 Å². The monoisotopic (exact) mass is 377 g/mol. The van der Waals surface area contributed by atoms with Gasteiger partial charge in [-0.2, -0.15) is 0 Å². The van der Waals surface area contributed by atoms with Gasteiger partial charge < -0.3 is 4.90 Å². The number of hydrogen-bond acceptors (Lipinski definition) is 4. The third kappa shape index (κ3) is 2.49. The lowest BCUT2D eigenvalue weighted by molar-refractivity contribution is -0.123. The fraction of sp³-hybridized carbons (Fsp3) is 0.474. The number of carbonyl (C=O) groups excluding carboxylic acids is 1. The van der Waals surface area contributed by atoms with Gasteiger partial charge in [-0.3, -0.25) is 4.79 Å². The third-order valence-corrected chi connectivity index (χ3v) is 8.27. The molecule has 0 N–H and O–H groups in total. The van der Waals surface area contributed by atoms with Gasteiger partial charge in [0.25, 0.3) is 0 Å². The van der Waals surface area contributed by atoms with E-state index in [2.05, 4.69) is 46.8 Å². The summed E-state index contributed by atoms with van der Waals surface area (Å²) >= 11 is 5.64. The first-order valence-electron chi connectivity index (χ1n) is 8.29. The fourth-order valence-corrected chi connectivity index (χ4v) is 6.79. The Kier molecular flexibility index (Phi) is 4.47. The Bertz CT molecular complexity index is 875. The lowest BCUT2D eigenvalue weighted by atomic mass is 9.84. The van der Waals surface area contributed by atoms with Crippen molar-refractivity contribution in [3.8, 4) is 11.1 Å². The molecule has 24 heavy (non-hydrogen) atoms. The molecule has 0 radical (unpaired) electrons. The average Bonchev–Trinajstić information content (AvgIpc) is 2.90. The van der Waals surface area contributed by atoms with Crippen LogP contribution in [0, 0.1) is 23.6 Å². The number of benzene rings is 1. The van der Waals surface area contributed by atoms with Crippen molar-refractivity contribution < 1.29 is 4.79 Å². The van der Waals surface area contributed by atoms with E-state index in [1.807, 2.05) is 11.8 Å². The number of anilines is 1. The average molecular weight is 378 g/mol. The van der Waals surface area contributed by atoms with Crippen molar-refractivity contribution in [2.75, 3.05) is 4.90 Å². The molecule has 2 nitrogen and oxygen atoms in total. The Morgan fingerprint density at radius 2 is 1.96 bits per heavy atom. The Morgan fingerprint density at radius 3 is 2.58 bits per heavy atom. The van der Waals surface area contributed by atoms with Crippen LogP contribution < -0.4 is 4.90 Å². The summed E-state index contributed by atoms with van der Waals surface area (Å²) < 4.78 is 0.935. The van der Waals surface area contributed by atoms with Crippen molar-refractivity contribution in [3.63, 3.8) is 0 Å². The minimum atomic E-state index is -0.374. The summed E-state index contributed by atoms with van der Waals surface area (Å²) in [6.45, 7) is 12.6. The smallest absolute Gasteiger partial charge is 0.230 e. The molecular formula is C19H23NOS3. The predicted octanol–water partition coefficient (Wildman–Crippen LogP) is 6.45. The summed E-state index contributed by atoms with van der Waals surface area (Å²) in [5, 5.41) is 0. The van der Waals surface area contributed by atoms with Crippen molar-refractivity contribution in [2.24, 2.45) is 5.92 Å². The molecule has 0 fully saturated rings. The Balaban J connectivity index is 2.38. The lowest BCUT2D eigenvalue weighted by Gasteiger charge is -2.45. The van der Waals surface area contributed by atoms with Crippen molar-refractivity contribution in [2.45, 2.75) is 53.5 Å². The predicted molar refractivity (Wildman–Crippen MR) is 108 cm³/mol. The minimum absolute atomic E-state index is 0.00554. The van der Waals surface area contributed by atoms with E-state index in [4.69, 9.17) is 12.2 Å². The van der Waals surface area contributed by atoms with Gasteiger partial charge in [-0.05, 0) is 45.7 Å². The van der Waals surface area contributed by atoms with E-state index in [-0.39, 0.29) is 17.4 Å². The maximum Gasteiger partial charge on any atom is 0.230 e. The number of fused-ring (bicyclic) bond motifs is 3. The summed E-state index contributed by atoms with van der Waals surface area (Å²) in [5.74, 6) is 0.205. The van der Waals surface area contributed by atoms with Crippen LogP contribution >= 0.6 is 32.9 Å². The zero-order chi connectivity index (χ0) is 17.8. The highest BCUT2D eigenvalue weighted by Gasteiger charge is 2.44. The number of nitrogens with zero attached hydrogens (tertiary/aromatic N) is 1. The van der Waals surface area contributed by atoms with Crippen LogP contribution in [0.4, 0.5) is 5.69 Å².